The molecule has 8 heteroatoms. The van der Waals surface area contributed by atoms with Crippen LogP contribution in [-0.4, -0.2) is 33.5 Å². The Hall–Kier alpha value is -1.02. The van der Waals surface area contributed by atoms with E-state index in [-0.39, 0.29) is 5.16 Å². The first-order chi connectivity index (χ1) is 8.41. The SMILES string of the molecule is CSc1ncc(C(F)(F)F)c(OC2CCC2O)n1. The molecule has 100 valence electrons. The minimum atomic E-state index is -4.57. The number of nitrogens with zero attached hydrogens (tertiary/aromatic N) is 2. The van der Waals surface area contributed by atoms with Crippen molar-refractivity contribution in [2.75, 3.05) is 6.26 Å². The molecule has 0 bridgehead atoms. The summed E-state index contributed by atoms with van der Waals surface area (Å²) in [7, 11) is 0. The van der Waals surface area contributed by atoms with Crippen LogP contribution in [0.4, 0.5) is 13.2 Å². The van der Waals surface area contributed by atoms with Gasteiger partial charge < -0.3 is 9.84 Å². The lowest BCUT2D eigenvalue weighted by molar-refractivity contribution is -0.141. The predicted molar refractivity (Wildman–Crippen MR) is 58.5 cm³/mol. The number of aliphatic hydroxyl groups is 1. The Morgan fingerprint density at radius 2 is 2.17 bits per heavy atom. The van der Waals surface area contributed by atoms with Gasteiger partial charge in [-0.3, -0.25) is 0 Å². The molecule has 0 spiro atoms. The van der Waals surface area contributed by atoms with Crippen molar-refractivity contribution in [2.45, 2.75) is 36.4 Å². The smallest absolute Gasteiger partial charge is 0.423 e. The van der Waals surface area contributed by atoms with Gasteiger partial charge in [0.05, 0.1) is 6.10 Å². The molecule has 18 heavy (non-hydrogen) atoms. The van der Waals surface area contributed by atoms with Crippen LogP contribution in [0.15, 0.2) is 11.4 Å². The lowest BCUT2D eigenvalue weighted by atomic mass is 9.92. The lowest BCUT2D eigenvalue weighted by Crippen LogP contribution is -2.41. The van der Waals surface area contributed by atoms with E-state index in [9.17, 15) is 18.3 Å². The fraction of sp³-hybridized carbons (Fsp3) is 0.600. The van der Waals surface area contributed by atoms with Crippen molar-refractivity contribution >= 4 is 11.8 Å². The largest absolute Gasteiger partial charge is 0.471 e. The number of aromatic nitrogens is 2. The van der Waals surface area contributed by atoms with Gasteiger partial charge in [0.15, 0.2) is 5.16 Å². The fourth-order valence-corrected chi connectivity index (χ4v) is 1.80. The van der Waals surface area contributed by atoms with Crippen molar-refractivity contribution in [3.8, 4) is 5.88 Å². The van der Waals surface area contributed by atoms with Crippen LogP contribution in [-0.2, 0) is 6.18 Å². The zero-order valence-electron chi connectivity index (χ0n) is 9.44. The second-order valence-corrected chi connectivity index (χ2v) is 4.65. The van der Waals surface area contributed by atoms with Crippen molar-refractivity contribution in [3.05, 3.63) is 11.8 Å². The maximum Gasteiger partial charge on any atom is 0.423 e. The van der Waals surface area contributed by atoms with Gasteiger partial charge in [0.25, 0.3) is 0 Å². The van der Waals surface area contributed by atoms with Crippen LogP contribution in [0.25, 0.3) is 0 Å². The standard InChI is InChI=1S/C10H11F3N2O2S/c1-18-9-14-4-5(10(11,12)13)8(15-9)17-7-3-2-6(7)16/h4,6-7,16H,2-3H2,1H3. The summed E-state index contributed by atoms with van der Waals surface area (Å²) in [4.78, 5) is 7.30. The first kappa shape index (κ1) is 13.4. The Bertz CT molecular complexity index is 442. The Morgan fingerprint density at radius 1 is 1.44 bits per heavy atom. The summed E-state index contributed by atoms with van der Waals surface area (Å²) < 4.78 is 43.3. The summed E-state index contributed by atoms with van der Waals surface area (Å²) in [5.74, 6) is -0.509. The molecule has 1 aliphatic carbocycles. The number of rotatable bonds is 3. The van der Waals surface area contributed by atoms with Crippen molar-refractivity contribution in [1.82, 2.24) is 9.97 Å². The van der Waals surface area contributed by atoms with Gasteiger partial charge in [-0.25, -0.2) is 4.98 Å². The molecule has 1 fully saturated rings. The summed E-state index contributed by atoms with van der Waals surface area (Å²) in [5.41, 5.74) is -1.01. The van der Waals surface area contributed by atoms with Crippen molar-refractivity contribution in [1.29, 1.82) is 0 Å². The minimum absolute atomic E-state index is 0.201. The van der Waals surface area contributed by atoms with Gasteiger partial charge in [0.2, 0.25) is 5.88 Å². The highest BCUT2D eigenvalue weighted by atomic mass is 32.2. The monoisotopic (exact) mass is 280 g/mol. The lowest BCUT2D eigenvalue weighted by Gasteiger charge is -2.32. The third-order valence-corrected chi connectivity index (χ3v) is 3.22. The van der Waals surface area contributed by atoms with E-state index in [1.54, 1.807) is 6.26 Å². The van der Waals surface area contributed by atoms with Crippen LogP contribution >= 0.6 is 11.8 Å². The molecule has 0 aliphatic heterocycles. The predicted octanol–water partition coefficient (Wildman–Crippen LogP) is 2.12. The van der Waals surface area contributed by atoms with Crippen LogP contribution in [0.2, 0.25) is 0 Å². The molecule has 2 rings (SSSR count). The van der Waals surface area contributed by atoms with E-state index in [4.69, 9.17) is 4.74 Å². The van der Waals surface area contributed by atoms with Gasteiger partial charge >= 0.3 is 6.18 Å². The number of hydrogen-bond donors (Lipinski definition) is 1. The highest BCUT2D eigenvalue weighted by Crippen LogP contribution is 2.37. The van der Waals surface area contributed by atoms with Gasteiger partial charge in [-0.15, -0.1) is 0 Å². The fourth-order valence-electron chi connectivity index (χ4n) is 1.47. The normalized spacial score (nSPS) is 23.6. The molecule has 1 aliphatic rings. The molecule has 1 aromatic heterocycles. The number of aliphatic hydroxyl groups excluding tert-OH is 1. The second kappa shape index (κ2) is 4.93. The molecule has 0 aromatic carbocycles. The van der Waals surface area contributed by atoms with Crippen LogP contribution < -0.4 is 4.74 Å². The van der Waals surface area contributed by atoms with E-state index >= 15 is 0 Å². The number of alkyl halides is 3. The first-order valence-electron chi connectivity index (χ1n) is 5.24. The number of thioether (sulfide) groups is 1. The highest BCUT2D eigenvalue weighted by molar-refractivity contribution is 7.98. The quantitative estimate of drug-likeness (QED) is 0.679. The summed E-state index contributed by atoms with van der Waals surface area (Å²) in [6.45, 7) is 0. The molecular weight excluding hydrogens is 269 g/mol. The summed E-state index contributed by atoms with van der Waals surface area (Å²) >= 11 is 1.12. The average Bonchev–Trinajstić information content (AvgIpc) is 2.32. The van der Waals surface area contributed by atoms with Crippen molar-refractivity contribution in [2.24, 2.45) is 0 Å². The van der Waals surface area contributed by atoms with Gasteiger partial charge in [-0.1, -0.05) is 11.8 Å². The van der Waals surface area contributed by atoms with Crippen molar-refractivity contribution in [3.63, 3.8) is 0 Å². The summed E-state index contributed by atoms with van der Waals surface area (Å²) in [6, 6.07) is 0. The highest BCUT2D eigenvalue weighted by Gasteiger charge is 2.39. The molecule has 0 amide bonds. The first-order valence-corrected chi connectivity index (χ1v) is 6.47. The van der Waals surface area contributed by atoms with E-state index in [0.717, 1.165) is 11.8 Å². The zero-order chi connectivity index (χ0) is 13.3. The van der Waals surface area contributed by atoms with Crippen LogP contribution in [0, 0.1) is 0 Å². The molecule has 1 N–H and O–H groups in total. The number of ether oxygens (including phenoxy) is 1. The molecule has 0 saturated heterocycles. The molecule has 1 saturated carbocycles. The van der Waals surface area contributed by atoms with Crippen molar-refractivity contribution < 1.29 is 23.0 Å². The van der Waals surface area contributed by atoms with Crippen LogP contribution in [0.3, 0.4) is 0 Å². The Morgan fingerprint density at radius 3 is 2.61 bits per heavy atom. The van der Waals surface area contributed by atoms with Gasteiger partial charge in [0.1, 0.15) is 11.7 Å². The van der Waals surface area contributed by atoms with Gasteiger partial charge in [-0.05, 0) is 19.1 Å². The Balaban J connectivity index is 2.29. The topological polar surface area (TPSA) is 55.2 Å². The van der Waals surface area contributed by atoms with E-state index in [2.05, 4.69) is 9.97 Å². The van der Waals surface area contributed by atoms with Gasteiger partial charge in [0, 0.05) is 6.20 Å². The molecule has 1 heterocycles. The molecule has 0 radical (unpaired) electrons. The zero-order valence-corrected chi connectivity index (χ0v) is 10.3. The molecule has 4 nitrogen and oxygen atoms in total. The maximum atomic E-state index is 12.7. The Kier molecular flexibility index (Phi) is 3.67. The van der Waals surface area contributed by atoms with Crippen LogP contribution in [0.5, 0.6) is 5.88 Å². The van der Waals surface area contributed by atoms with Crippen LogP contribution in [0.1, 0.15) is 18.4 Å². The summed E-state index contributed by atoms with van der Waals surface area (Å²) in [6.07, 6.45) is -2.48. The maximum absolute atomic E-state index is 12.7. The van der Waals surface area contributed by atoms with E-state index in [0.29, 0.717) is 19.0 Å². The van der Waals surface area contributed by atoms with Gasteiger partial charge in [-0.2, -0.15) is 18.2 Å². The average molecular weight is 280 g/mol. The third kappa shape index (κ3) is 2.69. The van der Waals surface area contributed by atoms with E-state index in [1.807, 2.05) is 0 Å². The Labute approximate surface area is 106 Å². The molecule has 2 unspecified atom stereocenters. The number of halogens is 3. The summed E-state index contributed by atoms with van der Waals surface area (Å²) in [5, 5.41) is 9.54. The second-order valence-electron chi connectivity index (χ2n) is 3.87. The number of hydrogen-bond acceptors (Lipinski definition) is 5. The molecule has 1 aromatic rings. The molecular formula is C10H11F3N2O2S. The molecule has 2 atom stereocenters. The van der Waals surface area contributed by atoms with E-state index < -0.39 is 29.8 Å². The van der Waals surface area contributed by atoms with E-state index in [1.165, 1.54) is 0 Å². The minimum Gasteiger partial charge on any atom is -0.471 e. The third-order valence-electron chi connectivity index (χ3n) is 2.66.